The Bertz CT molecular complexity index is 503. The molecule has 0 radical (unpaired) electrons. The summed E-state index contributed by atoms with van der Waals surface area (Å²) in [5, 5.41) is 10.5. The van der Waals surface area contributed by atoms with Gasteiger partial charge in [-0.15, -0.1) is 10.2 Å². The summed E-state index contributed by atoms with van der Waals surface area (Å²) in [6.45, 7) is 0. The summed E-state index contributed by atoms with van der Waals surface area (Å²) < 4.78 is 0. The topological polar surface area (TPSA) is 86.9 Å². The van der Waals surface area contributed by atoms with Crippen molar-refractivity contribution in [2.75, 3.05) is 0 Å². The van der Waals surface area contributed by atoms with E-state index in [-0.39, 0.29) is 40.1 Å². The van der Waals surface area contributed by atoms with Crippen LogP contribution in [-0.4, -0.2) is 27.0 Å². The van der Waals surface area contributed by atoms with Crippen LogP contribution in [0.5, 0.6) is 0 Å². The molecule has 0 aliphatic carbocycles. The largest absolute Gasteiger partial charge is 1.00 e. The number of imide groups is 1. The van der Waals surface area contributed by atoms with Crippen LogP contribution in [0.1, 0.15) is 20.2 Å². The van der Waals surface area contributed by atoms with Gasteiger partial charge < -0.3 is 14.9 Å². The average Bonchev–Trinajstić information content (AvgIpc) is 2.83. The Kier molecular flexibility index (Phi) is 5.36. The third kappa shape index (κ3) is 3.67. The number of rotatable bonds is 2. The zero-order chi connectivity index (χ0) is 11.4. The minimum Gasteiger partial charge on any atom is -0.585 e. The maximum atomic E-state index is 11.5. The first kappa shape index (κ1) is 13.9. The third-order valence-corrected chi connectivity index (χ3v) is 2.33. The van der Waals surface area contributed by atoms with Crippen LogP contribution < -0.4 is 29.6 Å². The van der Waals surface area contributed by atoms with Gasteiger partial charge in [-0.2, -0.15) is 0 Å². The van der Waals surface area contributed by atoms with Gasteiger partial charge in [0.25, 0.3) is 0 Å². The second-order valence-electron chi connectivity index (χ2n) is 2.71. The van der Waals surface area contributed by atoms with E-state index in [2.05, 4.69) is 20.5 Å². The molecule has 2 aromatic rings. The van der Waals surface area contributed by atoms with E-state index in [0.717, 1.165) is 11.3 Å². The van der Waals surface area contributed by atoms with Crippen molar-refractivity contribution in [1.29, 1.82) is 0 Å². The molecule has 2 heterocycles. The second-order valence-corrected chi connectivity index (χ2v) is 3.54. The third-order valence-electron chi connectivity index (χ3n) is 1.65. The summed E-state index contributed by atoms with van der Waals surface area (Å²) in [6, 6.07) is 3.13. The van der Waals surface area contributed by atoms with Crippen LogP contribution in [0.25, 0.3) is 5.32 Å². The molecule has 0 unspecified atom stereocenters. The van der Waals surface area contributed by atoms with Crippen LogP contribution in [0, 0.1) is 0 Å². The molecule has 0 atom stereocenters. The van der Waals surface area contributed by atoms with Gasteiger partial charge in [0, 0.05) is 18.0 Å². The zero-order valence-electron chi connectivity index (χ0n) is 8.90. The van der Waals surface area contributed by atoms with Gasteiger partial charge in [0.15, 0.2) is 5.01 Å². The van der Waals surface area contributed by atoms with Gasteiger partial charge in [-0.3, -0.25) is 4.98 Å². The molecule has 0 spiro atoms. The zero-order valence-corrected chi connectivity index (χ0v) is 11.7. The molecule has 0 aliphatic heterocycles. The predicted molar refractivity (Wildman–Crippen MR) is 56.2 cm³/mol. The first-order chi connectivity index (χ1) is 7.77. The minimum absolute atomic E-state index is 0. The standard InChI is InChI=1S/C9H6N4O2S.Na/c14-7(6-2-1-3-10-4-6)12-8(15)9-13-11-5-16-9;/h1-5H,(H,12,14,15);/q;+1/p-1. The van der Waals surface area contributed by atoms with Crippen LogP contribution in [0.4, 0.5) is 0 Å². The summed E-state index contributed by atoms with van der Waals surface area (Å²) >= 11 is 1.03. The van der Waals surface area contributed by atoms with Gasteiger partial charge >= 0.3 is 29.6 Å². The van der Waals surface area contributed by atoms with E-state index >= 15 is 0 Å². The SMILES string of the molecule is O=C([N-]C(=O)c1nncs1)c1cccnc1.[Na+]. The van der Waals surface area contributed by atoms with Crippen molar-refractivity contribution in [2.45, 2.75) is 0 Å². The van der Waals surface area contributed by atoms with Gasteiger partial charge in [0.05, 0.1) is 5.91 Å². The molecule has 2 amide bonds. The van der Waals surface area contributed by atoms with Gasteiger partial charge in [0.2, 0.25) is 0 Å². The first-order valence-corrected chi connectivity index (χ1v) is 5.12. The Morgan fingerprint density at radius 1 is 1.29 bits per heavy atom. The molecule has 0 fully saturated rings. The molecular formula is C9H5N4NaO2S. The fourth-order valence-electron chi connectivity index (χ4n) is 0.960. The number of amides is 2. The van der Waals surface area contributed by atoms with E-state index in [0.29, 0.717) is 0 Å². The van der Waals surface area contributed by atoms with E-state index in [1.165, 1.54) is 24.0 Å². The van der Waals surface area contributed by atoms with E-state index in [1.54, 1.807) is 6.07 Å². The molecule has 0 bridgehead atoms. The minimum atomic E-state index is -0.684. The first-order valence-electron chi connectivity index (χ1n) is 4.24. The number of aromatic nitrogens is 3. The van der Waals surface area contributed by atoms with Crippen LogP contribution in [-0.2, 0) is 0 Å². The number of carbonyl (C=O) groups is 2. The number of nitrogens with zero attached hydrogens (tertiary/aromatic N) is 4. The monoisotopic (exact) mass is 256 g/mol. The molecule has 0 aromatic carbocycles. The molecule has 8 heteroatoms. The molecule has 0 saturated carbocycles. The number of hydrogen-bond donors (Lipinski definition) is 0. The quantitative estimate of drug-likeness (QED) is 0.472. The predicted octanol–water partition coefficient (Wildman–Crippen LogP) is -1.71. The van der Waals surface area contributed by atoms with Gasteiger partial charge in [-0.05, 0) is 12.1 Å². The van der Waals surface area contributed by atoms with E-state index in [9.17, 15) is 9.59 Å². The average molecular weight is 256 g/mol. The fourth-order valence-corrected chi connectivity index (χ4v) is 1.39. The molecule has 80 valence electrons. The van der Waals surface area contributed by atoms with E-state index < -0.39 is 11.8 Å². The van der Waals surface area contributed by atoms with Gasteiger partial charge in [0.1, 0.15) is 11.4 Å². The Morgan fingerprint density at radius 2 is 2.12 bits per heavy atom. The van der Waals surface area contributed by atoms with Crippen LogP contribution in [0.15, 0.2) is 30.0 Å². The van der Waals surface area contributed by atoms with E-state index in [4.69, 9.17) is 0 Å². The molecule has 2 rings (SSSR count). The van der Waals surface area contributed by atoms with Crippen LogP contribution in [0.3, 0.4) is 0 Å². The maximum Gasteiger partial charge on any atom is 1.00 e. The van der Waals surface area contributed by atoms with Gasteiger partial charge in [-0.1, -0.05) is 11.3 Å². The summed E-state index contributed by atoms with van der Waals surface area (Å²) in [6.07, 6.45) is 2.88. The molecule has 0 saturated heterocycles. The van der Waals surface area contributed by atoms with Crippen molar-refractivity contribution < 1.29 is 39.1 Å². The maximum absolute atomic E-state index is 11.5. The van der Waals surface area contributed by atoms with Crippen molar-refractivity contribution in [3.05, 3.63) is 45.9 Å². The van der Waals surface area contributed by atoms with Gasteiger partial charge in [-0.25, -0.2) is 0 Å². The molecule has 0 aliphatic rings. The summed E-state index contributed by atoms with van der Waals surface area (Å²) in [5.41, 5.74) is 1.66. The second kappa shape index (κ2) is 6.55. The van der Waals surface area contributed by atoms with Crippen LogP contribution in [0.2, 0.25) is 0 Å². The summed E-state index contributed by atoms with van der Waals surface area (Å²) in [5.74, 6) is -1.32. The Balaban J connectivity index is 0.00000144. The number of pyridine rings is 1. The molecule has 0 N–H and O–H groups in total. The van der Waals surface area contributed by atoms with Crippen LogP contribution >= 0.6 is 11.3 Å². The molecule has 17 heavy (non-hydrogen) atoms. The fraction of sp³-hybridized carbons (Fsp3) is 0. The normalized spacial score (nSPS) is 9.18. The van der Waals surface area contributed by atoms with E-state index in [1.807, 2.05) is 0 Å². The van der Waals surface area contributed by atoms with Crippen molar-refractivity contribution in [2.24, 2.45) is 0 Å². The molecule has 2 aromatic heterocycles. The number of hydrogen-bond acceptors (Lipinski definition) is 6. The number of carbonyl (C=O) groups excluding carboxylic acids is 2. The summed E-state index contributed by atoms with van der Waals surface area (Å²) in [4.78, 5) is 26.6. The van der Waals surface area contributed by atoms with Crippen molar-refractivity contribution in [1.82, 2.24) is 15.2 Å². The smallest absolute Gasteiger partial charge is 0.585 e. The Hall–Kier alpha value is -1.15. The molecular weight excluding hydrogens is 251 g/mol. The van der Waals surface area contributed by atoms with Crippen molar-refractivity contribution in [3.8, 4) is 0 Å². The van der Waals surface area contributed by atoms with Crippen molar-refractivity contribution in [3.63, 3.8) is 0 Å². The summed E-state index contributed by atoms with van der Waals surface area (Å²) in [7, 11) is 0. The van der Waals surface area contributed by atoms with Crippen molar-refractivity contribution >= 4 is 23.2 Å². The molecule has 6 nitrogen and oxygen atoms in total. The Labute approximate surface area is 123 Å². The Morgan fingerprint density at radius 3 is 2.71 bits per heavy atom.